The molecule has 1 rings (SSSR count). The van der Waals surface area contributed by atoms with Crippen LogP contribution in [0.4, 0.5) is 0 Å². The predicted octanol–water partition coefficient (Wildman–Crippen LogP) is 3.65. The van der Waals surface area contributed by atoms with E-state index in [0.717, 1.165) is 32.6 Å². The molecule has 1 saturated heterocycles. The molecule has 0 aliphatic carbocycles. The molecule has 1 heterocycles. The Kier molecular flexibility index (Phi) is 11.8. The van der Waals surface area contributed by atoms with Gasteiger partial charge in [-0.3, -0.25) is 4.90 Å². The van der Waals surface area contributed by atoms with E-state index in [1.165, 1.54) is 57.8 Å². The van der Waals surface area contributed by atoms with Gasteiger partial charge in [0.15, 0.2) is 0 Å². The van der Waals surface area contributed by atoms with Crippen LogP contribution in [0.3, 0.4) is 0 Å². The van der Waals surface area contributed by atoms with Gasteiger partial charge < -0.3 is 11.1 Å². The fraction of sp³-hybridized carbons (Fsp3) is 0.889. The third-order valence-corrected chi connectivity index (χ3v) is 4.39. The van der Waals surface area contributed by atoms with Gasteiger partial charge in [-0.15, -0.1) is 0 Å². The standard InChI is InChI=1S/C18H37N3/c1-2-3-4-5-6-7-8-9-10-11-12-13-18-20-15-17-21(18)16-14-19/h11-12,18,20H,2-10,13-17,19H2,1H3. The Balaban J connectivity index is 1.90. The van der Waals surface area contributed by atoms with E-state index in [9.17, 15) is 0 Å². The van der Waals surface area contributed by atoms with Crippen LogP contribution in [0.2, 0.25) is 0 Å². The van der Waals surface area contributed by atoms with Crippen molar-refractivity contribution in [3.63, 3.8) is 0 Å². The predicted molar refractivity (Wildman–Crippen MR) is 93.4 cm³/mol. The first-order chi connectivity index (χ1) is 10.4. The zero-order valence-corrected chi connectivity index (χ0v) is 14.2. The summed E-state index contributed by atoms with van der Waals surface area (Å²) < 4.78 is 0. The summed E-state index contributed by atoms with van der Waals surface area (Å²) in [5.74, 6) is 0. The summed E-state index contributed by atoms with van der Waals surface area (Å²) in [6, 6.07) is 0. The maximum absolute atomic E-state index is 5.64. The first-order valence-electron chi connectivity index (χ1n) is 9.21. The van der Waals surface area contributed by atoms with Gasteiger partial charge in [0.2, 0.25) is 0 Å². The number of nitrogens with one attached hydrogen (secondary N) is 1. The number of hydrogen-bond donors (Lipinski definition) is 2. The molecule has 0 aromatic rings. The molecular formula is C18H37N3. The Morgan fingerprint density at radius 2 is 1.76 bits per heavy atom. The number of hydrogen-bond acceptors (Lipinski definition) is 3. The molecule has 0 aromatic carbocycles. The van der Waals surface area contributed by atoms with Crippen molar-refractivity contribution < 1.29 is 0 Å². The van der Waals surface area contributed by atoms with E-state index in [1.807, 2.05) is 0 Å². The summed E-state index contributed by atoms with van der Waals surface area (Å²) in [6.45, 7) is 6.32. The van der Waals surface area contributed by atoms with Gasteiger partial charge in [0, 0.05) is 26.2 Å². The quantitative estimate of drug-likeness (QED) is 0.402. The molecule has 0 saturated carbocycles. The summed E-state index contributed by atoms with van der Waals surface area (Å²) in [5, 5.41) is 3.55. The highest BCUT2D eigenvalue weighted by atomic mass is 15.3. The van der Waals surface area contributed by atoms with Crippen molar-refractivity contribution in [3.05, 3.63) is 12.2 Å². The van der Waals surface area contributed by atoms with Crippen LogP contribution < -0.4 is 11.1 Å². The number of unbranched alkanes of at least 4 members (excludes halogenated alkanes) is 8. The molecule has 3 nitrogen and oxygen atoms in total. The lowest BCUT2D eigenvalue weighted by molar-refractivity contribution is 0.249. The number of nitrogens with two attached hydrogens (primary N) is 1. The second-order valence-electron chi connectivity index (χ2n) is 6.27. The van der Waals surface area contributed by atoms with E-state index in [4.69, 9.17) is 5.73 Å². The van der Waals surface area contributed by atoms with Crippen molar-refractivity contribution >= 4 is 0 Å². The molecule has 1 aliphatic heterocycles. The summed E-state index contributed by atoms with van der Waals surface area (Å²) in [4.78, 5) is 2.46. The third-order valence-electron chi connectivity index (χ3n) is 4.39. The van der Waals surface area contributed by atoms with Crippen LogP contribution in [-0.2, 0) is 0 Å². The zero-order valence-electron chi connectivity index (χ0n) is 14.2. The molecule has 1 atom stereocenters. The van der Waals surface area contributed by atoms with Crippen molar-refractivity contribution in [1.82, 2.24) is 10.2 Å². The first-order valence-corrected chi connectivity index (χ1v) is 9.21. The summed E-state index contributed by atoms with van der Waals surface area (Å²) in [7, 11) is 0. The van der Waals surface area contributed by atoms with Gasteiger partial charge in [-0.05, 0) is 19.3 Å². The average molecular weight is 296 g/mol. The van der Waals surface area contributed by atoms with Gasteiger partial charge in [0.25, 0.3) is 0 Å². The van der Waals surface area contributed by atoms with E-state index in [-0.39, 0.29) is 0 Å². The van der Waals surface area contributed by atoms with Crippen LogP contribution in [0.25, 0.3) is 0 Å². The first kappa shape index (κ1) is 18.7. The van der Waals surface area contributed by atoms with Crippen molar-refractivity contribution in [2.75, 3.05) is 26.2 Å². The molecule has 0 bridgehead atoms. The minimum atomic E-state index is 0.517. The molecule has 0 spiro atoms. The van der Waals surface area contributed by atoms with Gasteiger partial charge in [0.1, 0.15) is 0 Å². The van der Waals surface area contributed by atoms with Crippen LogP contribution in [0.5, 0.6) is 0 Å². The Morgan fingerprint density at radius 3 is 2.48 bits per heavy atom. The maximum atomic E-state index is 5.64. The zero-order chi connectivity index (χ0) is 15.2. The van der Waals surface area contributed by atoms with Gasteiger partial charge in [-0.2, -0.15) is 0 Å². The molecule has 124 valence electrons. The number of allylic oxidation sites excluding steroid dienone is 1. The molecule has 1 aliphatic rings. The van der Waals surface area contributed by atoms with E-state index in [2.05, 4.69) is 29.3 Å². The lowest BCUT2D eigenvalue weighted by Gasteiger charge is -2.21. The molecule has 21 heavy (non-hydrogen) atoms. The Morgan fingerprint density at radius 1 is 1.05 bits per heavy atom. The number of rotatable bonds is 13. The highest BCUT2D eigenvalue weighted by molar-refractivity contribution is 4.89. The molecule has 0 amide bonds. The lowest BCUT2D eigenvalue weighted by atomic mass is 10.1. The fourth-order valence-corrected chi connectivity index (χ4v) is 3.06. The van der Waals surface area contributed by atoms with E-state index in [1.54, 1.807) is 0 Å². The summed E-state index contributed by atoms with van der Waals surface area (Å²) >= 11 is 0. The smallest absolute Gasteiger partial charge is 0.0633 e. The Bertz CT molecular complexity index is 253. The van der Waals surface area contributed by atoms with Crippen molar-refractivity contribution in [1.29, 1.82) is 0 Å². The van der Waals surface area contributed by atoms with Crippen LogP contribution in [0.15, 0.2) is 12.2 Å². The van der Waals surface area contributed by atoms with Crippen LogP contribution in [-0.4, -0.2) is 37.2 Å². The fourth-order valence-electron chi connectivity index (χ4n) is 3.06. The molecule has 3 heteroatoms. The van der Waals surface area contributed by atoms with Gasteiger partial charge in [-0.1, -0.05) is 64.0 Å². The molecule has 0 aromatic heterocycles. The lowest BCUT2D eigenvalue weighted by Crippen LogP contribution is -2.38. The molecular weight excluding hydrogens is 258 g/mol. The largest absolute Gasteiger partial charge is 0.329 e. The highest BCUT2D eigenvalue weighted by Gasteiger charge is 2.21. The minimum Gasteiger partial charge on any atom is -0.329 e. The van der Waals surface area contributed by atoms with Crippen LogP contribution in [0.1, 0.15) is 71.1 Å². The van der Waals surface area contributed by atoms with Gasteiger partial charge in [0.05, 0.1) is 6.17 Å². The minimum absolute atomic E-state index is 0.517. The average Bonchev–Trinajstić information content (AvgIpc) is 2.92. The van der Waals surface area contributed by atoms with Crippen molar-refractivity contribution in [3.8, 4) is 0 Å². The maximum Gasteiger partial charge on any atom is 0.0633 e. The summed E-state index contributed by atoms with van der Waals surface area (Å²) in [5.41, 5.74) is 5.64. The van der Waals surface area contributed by atoms with E-state index < -0.39 is 0 Å². The third kappa shape index (κ3) is 9.28. The Hall–Kier alpha value is -0.380. The van der Waals surface area contributed by atoms with E-state index >= 15 is 0 Å². The topological polar surface area (TPSA) is 41.3 Å². The molecule has 3 N–H and O–H groups in total. The molecule has 0 radical (unpaired) electrons. The van der Waals surface area contributed by atoms with E-state index in [0.29, 0.717) is 6.17 Å². The molecule has 1 fully saturated rings. The Labute approximate surface area is 132 Å². The van der Waals surface area contributed by atoms with Crippen molar-refractivity contribution in [2.45, 2.75) is 77.3 Å². The summed E-state index contributed by atoms with van der Waals surface area (Å²) in [6.07, 6.45) is 18.9. The number of nitrogens with zero attached hydrogens (tertiary/aromatic N) is 1. The second kappa shape index (κ2) is 13.3. The monoisotopic (exact) mass is 295 g/mol. The van der Waals surface area contributed by atoms with Crippen LogP contribution in [0, 0.1) is 0 Å². The highest BCUT2D eigenvalue weighted by Crippen LogP contribution is 2.11. The molecule has 1 unspecified atom stereocenters. The second-order valence-corrected chi connectivity index (χ2v) is 6.27. The van der Waals surface area contributed by atoms with Gasteiger partial charge >= 0.3 is 0 Å². The van der Waals surface area contributed by atoms with Gasteiger partial charge in [-0.25, -0.2) is 0 Å². The van der Waals surface area contributed by atoms with Crippen LogP contribution >= 0.6 is 0 Å². The normalized spacial score (nSPS) is 19.8. The SMILES string of the molecule is CCCCCCCCCCC=CCC1NCCN1CCN. The van der Waals surface area contributed by atoms with Crippen molar-refractivity contribution in [2.24, 2.45) is 5.73 Å².